The van der Waals surface area contributed by atoms with Gasteiger partial charge >= 0.3 is 0 Å². The van der Waals surface area contributed by atoms with E-state index in [-0.39, 0.29) is 30.3 Å². The Morgan fingerprint density at radius 2 is 1.94 bits per heavy atom. The molecule has 7 heteroatoms. The van der Waals surface area contributed by atoms with Crippen LogP contribution in [0.25, 0.3) is 0 Å². The van der Waals surface area contributed by atoms with Gasteiger partial charge in [0.25, 0.3) is 0 Å². The molecule has 0 saturated carbocycles. The highest BCUT2D eigenvalue weighted by Gasteiger charge is 2.34. The van der Waals surface area contributed by atoms with Crippen molar-refractivity contribution in [3.05, 3.63) is 51.2 Å². The summed E-state index contributed by atoms with van der Waals surface area (Å²) in [4.78, 5) is 31.2. The van der Waals surface area contributed by atoms with Crippen LogP contribution < -0.4 is 4.74 Å². The van der Waals surface area contributed by atoms with Crippen molar-refractivity contribution in [3.63, 3.8) is 0 Å². The van der Waals surface area contributed by atoms with Crippen molar-refractivity contribution >= 4 is 34.8 Å². The number of thiophene rings is 1. The fourth-order valence-corrected chi connectivity index (χ4v) is 4.99. The average Bonchev–Trinajstić information content (AvgIpc) is 3.26. The predicted molar refractivity (Wildman–Crippen MR) is 130 cm³/mol. The average molecular weight is 477 g/mol. The molecule has 0 aliphatic carbocycles. The molecule has 2 amide bonds. The van der Waals surface area contributed by atoms with Crippen molar-refractivity contribution in [3.8, 4) is 5.75 Å². The van der Waals surface area contributed by atoms with Crippen LogP contribution in [-0.2, 0) is 16.0 Å². The van der Waals surface area contributed by atoms with Gasteiger partial charge in [-0.2, -0.15) is 0 Å². The van der Waals surface area contributed by atoms with Crippen LogP contribution in [0, 0.1) is 11.8 Å². The van der Waals surface area contributed by atoms with E-state index in [9.17, 15) is 9.59 Å². The number of fused-ring (bicyclic) bond motifs is 1. The normalized spacial score (nSPS) is 16.6. The lowest BCUT2D eigenvalue weighted by molar-refractivity contribution is -0.144. The molecule has 0 N–H and O–H groups in total. The molecule has 3 rings (SSSR count). The van der Waals surface area contributed by atoms with Crippen LogP contribution in [0.4, 0.5) is 0 Å². The lowest BCUT2D eigenvalue weighted by Crippen LogP contribution is -2.49. The van der Waals surface area contributed by atoms with E-state index >= 15 is 0 Å². The zero-order valence-corrected chi connectivity index (χ0v) is 20.9. The summed E-state index contributed by atoms with van der Waals surface area (Å²) in [5.74, 6) is 0.933. The topological polar surface area (TPSA) is 49.9 Å². The first kappa shape index (κ1) is 24.6. The Morgan fingerprint density at radius 1 is 1.22 bits per heavy atom. The Kier molecular flexibility index (Phi) is 8.60. The van der Waals surface area contributed by atoms with Gasteiger partial charge in [0.1, 0.15) is 12.4 Å². The summed E-state index contributed by atoms with van der Waals surface area (Å²) in [6, 6.07) is 9.17. The number of nitrogens with zero attached hydrogens (tertiary/aromatic N) is 2. The largest absolute Gasteiger partial charge is 0.491 e. The second-order valence-corrected chi connectivity index (χ2v) is 10.2. The number of ether oxygens (including phenoxy) is 1. The summed E-state index contributed by atoms with van der Waals surface area (Å²) in [7, 11) is 0. The maximum atomic E-state index is 13.5. The highest BCUT2D eigenvalue weighted by molar-refractivity contribution is 7.10. The molecule has 2 atom stereocenters. The summed E-state index contributed by atoms with van der Waals surface area (Å²) in [5, 5.41) is 2.73. The standard InChI is InChI=1S/C25H33ClN2O3S/c1-5-18(4)14-27(25(30)17(2)3)15-24(29)28-12-10-23-21(11-13-32-23)22(28)16-31-20-8-6-19(26)7-9-20/h6-9,11,13,17-18,22H,5,10,12,14-16H2,1-4H3/t18-,22+/m1/s1. The molecular formula is C25H33ClN2O3S. The van der Waals surface area contributed by atoms with E-state index in [2.05, 4.69) is 25.3 Å². The Bertz CT molecular complexity index is 912. The molecule has 0 unspecified atom stereocenters. The second kappa shape index (κ2) is 11.2. The number of rotatable bonds is 9. The van der Waals surface area contributed by atoms with E-state index in [1.54, 1.807) is 28.4 Å². The molecule has 2 heterocycles. The Hall–Kier alpha value is -2.05. The van der Waals surface area contributed by atoms with E-state index in [1.165, 1.54) is 4.88 Å². The maximum absolute atomic E-state index is 13.5. The fraction of sp³-hybridized carbons (Fsp3) is 0.520. The monoisotopic (exact) mass is 476 g/mol. The molecule has 0 spiro atoms. The number of hydrogen-bond acceptors (Lipinski definition) is 4. The number of benzene rings is 1. The van der Waals surface area contributed by atoms with Crippen LogP contribution in [0.1, 0.15) is 50.6 Å². The van der Waals surface area contributed by atoms with Gasteiger partial charge in [-0.1, -0.05) is 45.7 Å². The van der Waals surface area contributed by atoms with Crippen LogP contribution in [0.3, 0.4) is 0 Å². The number of carbonyl (C=O) groups is 2. The smallest absolute Gasteiger partial charge is 0.242 e. The van der Waals surface area contributed by atoms with Crippen molar-refractivity contribution in [1.29, 1.82) is 0 Å². The lowest BCUT2D eigenvalue weighted by atomic mass is 10.00. The Labute approximate surface area is 200 Å². The molecule has 0 fully saturated rings. The van der Waals surface area contributed by atoms with Gasteiger partial charge < -0.3 is 14.5 Å². The Morgan fingerprint density at radius 3 is 2.59 bits per heavy atom. The number of amides is 2. The summed E-state index contributed by atoms with van der Waals surface area (Å²) in [6.07, 6.45) is 1.80. The number of halogens is 1. The molecule has 174 valence electrons. The van der Waals surface area contributed by atoms with Crippen LogP contribution in [0.15, 0.2) is 35.7 Å². The molecule has 0 radical (unpaired) electrons. The molecule has 0 bridgehead atoms. The van der Waals surface area contributed by atoms with Crippen molar-refractivity contribution in [2.75, 3.05) is 26.2 Å². The third-order valence-electron chi connectivity index (χ3n) is 6.00. The highest BCUT2D eigenvalue weighted by Crippen LogP contribution is 2.34. The van der Waals surface area contributed by atoms with Crippen LogP contribution >= 0.6 is 22.9 Å². The highest BCUT2D eigenvalue weighted by atomic mass is 35.5. The minimum Gasteiger partial charge on any atom is -0.491 e. The van der Waals surface area contributed by atoms with Gasteiger partial charge in [0.05, 0.1) is 12.6 Å². The van der Waals surface area contributed by atoms with Gasteiger partial charge in [-0.05, 0) is 53.6 Å². The first-order valence-electron chi connectivity index (χ1n) is 11.3. The molecule has 2 aromatic rings. The fourth-order valence-electron chi connectivity index (χ4n) is 3.94. The number of carbonyl (C=O) groups excluding carboxylic acids is 2. The third-order valence-corrected chi connectivity index (χ3v) is 7.25. The van der Waals surface area contributed by atoms with Gasteiger partial charge in [0, 0.05) is 28.9 Å². The first-order chi connectivity index (χ1) is 15.3. The van der Waals surface area contributed by atoms with E-state index in [1.807, 2.05) is 30.9 Å². The van der Waals surface area contributed by atoms with E-state index in [0.717, 1.165) is 24.2 Å². The lowest BCUT2D eigenvalue weighted by Gasteiger charge is -2.37. The zero-order valence-electron chi connectivity index (χ0n) is 19.3. The van der Waals surface area contributed by atoms with Crippen molar-refractivity contribution in [2.45, 2.75) is 46.6 Å². The summed E-state index contributed by atoms with van der Waals surface area (Å²) in [6.45, 7) is 9.70. The Balaban J connectivity index is 1.77. The summed E-state index contributed by atoms with van der Waals surface area (Å²) < 4.78 is 6.05. The molecule has 1 aromatic heterocycles. The predicted octanol–water partition coefficient (Wildman–Crippen LogP) is 5.44. The van der Waals surface area contributed by atoms with E-state index < -0.39 is 0 Å². The molecule has 1 aliphatic rings. The summed E-state index contributed by atoms with van der Waals surface area (Å²) in [5.41, 5.74) is 1.15. The van der Waals surface area contributed by atoms with Crippen LogP contribution in [0.5, 0.6) is 5.75 Å². The molecule has 5 nitrogen and oxygen atoms in total. The van der Waals surface area contributed by atoms with Gasteiger partial charge in [0.2, 0.25) is 11.8 Å². The van der Waals surface area contributed by atoms with Crippen LogP contribution in [0.2, 0.25) is 5.02 Å². The minimum absolute atomic E-state index is 0.0242. The SMILES string of the molecule is CC[C@@H](C)CN(CC(=O)N1CCc2sccc2[C@@H]1COc1ccc(Cl)cc1)C(=O)C(C)C. The van der Waals surface area contributed by atoms with Crippen molar-refractivity contribution in [2.24, 2.45) is 11.8 Å². The van der Waals surface area contributed by atoms with E-state index in [0.29, 0.717) is 30.6 Å². The summed E-state index contributed by atoms with van der Waals surface area (Å²) >= 11 is 7.71. The van der Waals surface area contributed by atoms with Gasteiger partial charge in [-0.3, -0.25) is 9.59 Å². The second-order valence-electron chi connectivity index (χ2n) is 8.80. The first-order valence-corrected chi connectivity index (χ1v) is 12.6. The maximum Gasteiger partial charge on any atom is 0.242 e. The molecule has 0 saturated heterocycles. The molecule has 1 aromatic carbocycles. The van der Waals surface area contributed by atoms with Gasteiger partial charge in [0.15, 0.2) is 0 Å². The van der Waals surface area contributed by atoms with Crippen molar-refractivity contribution in [1.82, 2.24) is 9.80 Å². The quantitative estimate of drug-likeness (QED) is 0.484. The zero-order chi connectivity index (χ0) is 23.3. The molecule has 32 heavy (non-hydrogen) atoms. The van der Waals surface area contributed by atoms with Gasteiger partial charge in [-0.15, -0.1) is 11.3 Å². The minimum atomic E-state index is -0.173. The van der Waals surface area contributed by atoms with Crippen LogP contribution in [-0.4, -0.2) is 47.9 Å². The third kappa shape index (κ3) is 6.04. The molecule has 1 aliphatic heterocycles. The molecular weight excluding hydrogens is 444 g/mol. The van der Waals surface area contributed by atoms with Gasteiger partial charge in [-0.25, -0.2) is 0 Å². The number of hydrogen-bond donors (Lipinski definition) is 0. The van der Waals surface area contributed by atoms with E-state index in [4.69, 9.17) is 16.3 Å². The van der Waals surface area contributed by atoms with Crippen molar-refractivity contribution < 1.29 is 14.3 Å².